The van der Waals surface area contributed by atoms with Crippen molar-refractivity contribution in [1.82, 2.24) is 0 Å². The number of hydrogen-bond donors (Lipinski definition) is 1. The van der Waals surface area contributed by atoms with Gasteiger partial charge in [-0.1, -0.05) is 74.8 Å². The van der Waals surface area contributed by atoms with Gasteiger partial charge in [-0.2, -0.15) is 0 Å². The molecule has 1 aromatic carbocycles. The fourth-order valence-corrected chi connectivity index (χ4v) is 7.10. The van der Waals surface area contributed by atoms with Crippen LogP contribution in [0.3, 0.4) is 0 Å². The number of aliphatic hydroxyl groups is 1. The molecule has 0 fully saturated rings. The van der Waals surface area contributed by atoms with Crippen LogP contribution >= 0.6 is 92.8 Å². The Morgan fingerprint density at radius 1 is 0.851 bits per heavy atom. The maximum Gasteiger partial charge on any atom is 0.303 e. The highest BCUT2D eigenvalue weighted by Gasteiger charge is 2.37. The summed E-state index contributed by atoms with van der Waals surface area (Å²) in [6.07, 6.45) is 1.34. The van der Waals surface area contributed by atoms with Crippen LogP contribution in [-0.4, -0.2) is 78.6 Å². The largest absolute Gasteiger partial charge is 0.461 e. The van der Waals surface area contributed by atoms with Gasteiger partial charge >= 0.3 is 11.9 Å². The number of halogens is 8. The van der Waals surface area contributed by atoms with Crippen LogP contribution in [0.2, 0.25) is 0 Å². The number of rotatable bonds is 22. The second-order valence-electron chi connectivity index (χ2n) is 11.2. The van der Waals surface area contributed by atoms with Crippen LogP contribution in [0.15, 0.2) is 30.3 Å². The molecule has 6 nitrogen and oxygen atoms in total. The number of unbranched alkanes of at least 4 members (excludes halogenated alkanes) is 3. The minimum atomic E-state index is -1.48. The quantitative estimate of drug-likeness (QED) is 0.0544. The Bertz CT molecular complexity index is 1100. The van der Waals surface area contributed by atoms with E-state index < -0.39 is 66.8 Å². The number of aliphatic hydroxyl groups excluding tert-OH is 1. The zero-order chi connectivity index (χ0) is 35.6. The fourth-order valence-electron chi connectivity index (χ4n) is 4.51. The minimum absolute atomic E-state index is 0.0355. The van der Waals surface area contributed by atoms with Crippen molar-refractivity contribution in [3.63, 3.8) is 0 Å². The molecule has 268 valence electrons. The summed E-state index contributed by atoms with van der Waals surface area (Å²) >= 11 is 52.2. The van der Waals surface area contributed by atoms with E-state index in [1.807, 2.05) is 30.3 Å². The molecule has 1 rings (SSSR count). The van der Waals surface area contributed by atoms with E-state index in [4.69, 9.17) is 107 Å². The first kappa shape index (κ1) is 45.0. The summed E-state index contributed by atoms with van der Waals surface area (Å²) in [4.78, 5) is 23.7. The van der Waals surface area contributed by atoms with Gasteiger partial charge in [0.1, 0.15) is 28.0 Å². The summed E-state index contributed by atoms with van der Waals surface area (Å²) in [5, 5.41) is 5.15. The van der Waals surface area contributed by atoms with Crippen molar-refractivity contribution in [2.24, 2.45) is 0 Å². The van der Waals surface area contributed by atoms with E-state index in [0.717, 1.165) is 31.2 Å². The Kier molecular flexibility index (Phi) is 23.2. The van der Waals surface area contributed by atoms with Gasteiger partial charge in [0.25, 0.3) is 0 Å². The van der Waals surface area contributed by atoms with Crippen molar-refractivity contribution in [1.29, 1.82) is 0 Å². The van der Waals surface area contributed by atoms with Crippen LogP contribution in [0.25, 0.3) is 0 Å². The summed E-state index contributed by atoms with van der Waals surface area (Å²) in [6, 6.07) is 9.66. The number of carbonyl (C=O) groups excluding carboxylic acids is 2. The zero-order valence-electron chi connectivity index (χ0n) is 26.7. The molecule has 0 amide bonds. The average molecular weight is 820 g/mol. The summed E-state index contributed by atoms with van der Waals surface area (Å²) in [5.41, 5.74) is 1.02. The summed E-state index contributed by atoms with van der Waals surface area (Å²) in [7, 11) is 0. The van der Waals surface area contributed by atoms with E-state index in [2.05, 4.69) is 18.8 Å². The highest BCUT2D eigenvalue weighted by molar-refractivity contribution is 6.48. The number of hydrogen-bond acceptors (Lipinski definition) is 6. The van der Waals surface area contributed by atoms with Crippen molar-refractivity contribution in [3.8, 4) is 11.8 Å². The molecule has 0 saturated heterocycles. The molecule has 0 spiro atoms. The smallest absolute Gasteiger partial charge is 0.303 e. The van der Waals surface area contributed by atoms with Gasteiger partial charge < -0.3 is 19.3 Å². The molecular formula is C33H44Cl8O6. The Morgan fingerprint density at radius 2 is 1.49 bits per heavy atom. The van der Waals surface area contributed by atoms with Crippen LogP contribution in [0, 0.1) is 11.8 Å². The van der Waals surface area contributed by atoms with Crippen molar-refractivity contribution >= 4 is 105 Å². The Hall–Kier alpha value is -0.0400. The van der Waals surface area contributed by atoms with E-state index in [-0.39, 0.29) is 12.8 Å². The first-order valence-electron chi connectivity index (χ1n) is 15.4. The molecule has 0 aliphatic heterocycles. The molecule has 14 heteroatoms. The lowest BCUT2D eigenvalue weighted by molar-refractivity contribution is -0.147. The van der Waals surface area contributed by atoms with E-state index in [1.165, 1.54) is 13.8 Å². The molecule has 0 heterocycles. The lowest BCUT2D eigenvalue weighted by Crippen LogP contribution is -2.40. The van der Waals surface area contributed by atoms with Gasteiger partial charge in [-0.25, -0.2) is 0 Å². The highest BCUT2D eigenvalue weighted by atomic mass is 35.5. The van der Waals surface area contributed by atoms with Gasteiger partial charge in [0.15, 0.2) is 0 Å². The topological polar surface area (TPSA) is 82.1 Å². The lowest BCUT2D eigenvalue weighted by atomic mass is 10.0. The van der Waals surface area contributed by atoms with E-state index >= 15 is 0 Å². The molecule has 0 aromatic heterocycles. The molecule has 1 aromatic rings. The monoisotopic (exact) mass is 816 g/mol. The second kappa shape index (κ2) is 24.2. The van der Waals surface area contributed by atoms with Crippen LogP contribution in [0.4, 0.5) is 0 Å². The Labute approximate surface area is 319 Å². The fraction of sp³-hybridized carbons (Fsp3) is 0.697. The standard InChI is InChI=1S/C33H44Cl8O6/c1-4-5-6-10-16-33(40,41)19-27(37)32(47-22(3)43)25(35)13-14-28(44)30(38)26(36)18-29(46-21(2)42)31(39)24(34)15-17-45-20-23-11-8-7-9-12-23/h7-9,11-12,24-32,44H,4-6,10,15-20H2,1-3H3/t24-,25+,26+,27-,28+,29+,30+,31+,32+/m1/s1. The molecule has 0 aliphatic carbocycles. The van der Waals surface area contributed by atoms with Gasteiger partial charge in [-0.15, -0.1) is 92.8 Å². The molecule has 0 bridgehead atoms. The van der Waals surface area contributed by atoms with Gasteiger partial charge in [0.05, 0.1) is 33.5 Å². The molecular weight excluding hydrogens is 776 g/mol. The van der Waals surface area contributed by atoms with Gasteiger partial charge in [0.2, 0.25) is 0 Å². The zero-order valence-corrected chi connectivity index (χ0v) is 32.7. The summed E-state index contributed by atoms with van der Waals surface area (Å²) in [6.45, 7) is 5.28. The molecule has 1 N–H and O–H groups in total. The first-order chi connectivity index (χ1) is 22.1. The Balaban J connectivity index is 2.83. The van der Waals surface area contributed by atoms with Crippen LogP contribution in [0.5, 0.6) is 0 Å². The van der Waals surface area contributed by atoms with Gasteiger partial charge in [-0.3, -0.25) is 9.59 Å². The van der Waals surface area contributed by atoms with E-state index in [0.29, 0.717) is 26.1 Å². The van der Waals surface area contributed by atoms with Crippen molar-refractivity contribution in [2.45, 2.75) is 134 Å². The summed E-state index contributed by atoms with van der Waals surface area (Å²) < 4.78 is 15.3. The number of ether oxygens (including phenoxy) is 3. The molecule has 47 heavy (non-hydrogen) atoms. The average Bonchev–Trinajstić information content (AvgIpc) is 3.01. The van der Waals surface area contributed by atoms with Crippen molar-refractivity contribution in [3.05, 3.63) is 35.9 Å². The third-order valence-electron chi connectivity index (χ3n) is 6.98. The maximum atomic E-state index is 11.8. The molecule has 0 unspecified atom stereocenters. The Morgan fingerprint density at radius 3 is 2.09 bits per heavy atom. The highest BCUT2D eigenvalue weighted by Crippen LogP contribution is 2.37. The minimum Gasteiger partial charge on any atom is -0.461 e. The van der Waals surface area contributed by atoms with Gasteiger partial charge in [0, 0.05) is 33.3 Å². The first-order valence-corrected chi connectivity index (χ1v) is 18.8. The predicted molar refractivity (Wildman–Crippen MR) is 196 cm³/mol. The number of carbonyl (C=O) groups is 2. The SMILES string of the molecule is CCCCCCC(Cl)(Cl)C[C@@H](Cl)[C@@H](OC(C)=O)[C@@H](Cl)C#C[C@H](O)[C@@H](Cl)[C@@H](Cl)C[C@H](OC(C)=O)[C@@H](Cl)[C@H](Cl)CCOCc1ccccc1. The number of esters is 2. The molecule has 9 atom stereocenters. The number of benzene rings is 1. The second-order valence-corrected chi connectivity index (χ2v) is 16.0. The third-order valence-corrected chi connectivity index (χ3v) is 10.7. The van der Waals surface area contributed by atoms with Crippen LogP contribution < -0.4 is 0 Å². The predicted octanol–water partition coefficient (Wildman–Crippen LogP) is 9.39. The van der Waals surface area contributed by atoms with Crippen molar-refractivity contribution < 1.29 is 28.9 Å². The molecule has 0 radical (unpaired) electrons. The van der Waals surface area contributed by atoms with E-state index in [1.54, 1.807) is 0 Å². The van der Waals surface area contributed by atoms with Crippen LogP contribution in [-0.2, 0) is 30.4 Å². The summed E-state index contributed by atoms with van der Waals surface area (Å²) in [5.74, 6) is 3.98. The lowest BCUT2D eigenvalue weighted by Gasteiger charge is -2.29. The normalized spacial score (nSPS) is 17.5. The van der Waals surface area contributed by atoms with Crippen molar-refractivity contribution in [2.75, 3.05) is 6.61 Å². The van der Waals surface area contributed by atoms with Gasteiger partial charge in [-0.05, 0) is 18.4 Å². The molecule has 0 aliphatic rings. The van der Waals surface area contributed by atoms with Crippen LogP contribution in [0.1, 0.15) is 77.7 Å². The molecule has 0 saturated carbocycles. The maximum absolute atomic E-state index is 11.8. The van der Waals surface area contributed by atoms with E-state index in [9.17, 15) is 14.7 Å². The number of alkyl halides is 8. The third kappa shape index (κ3) is 19.2.